The normalized spacial score (nSPS) is 21.6. The van der Waals surface area contributed by atoms with Crippen LogP contribution in [0.2, 0.25) is 0 Å². The predicted octanol–water partition coefficient (Wildman–Crippen LogP) is 2.27. The van der Waals surface area contributed by atoms with Crippen molar-refractivity contribution < 1.29 is 31.5 Å². The Morgan fingerprint density at radius 3 is 2.55 bits per heavy atom. The smallest absolute Gasteiger partial charge is 0.247 e. The van der Waals surface area contributed by atoms with Crippen LogP contribution in [0, 0.1) is 11.6 Å². The standard InChI is InChI=1S/C21H20F2N2O5S/c1-13(24-31(28,29)19-15(22)6-4-7-16(19)23)20(27)25-10-9-21(12-25)11-17(26)14-5-2-3-8-18(14)30-21/h2-8,13,24H,9-12H2,1H3. The molecule has 7 nitrogen and oxygen atoms in total. The molecule has 1 spiro atoms. The Morgan fingerprint density at radius 1 is 1.16 bits per heavy atom. The third kappa shape index (κ3) is 3.92. The van der Waals surface area contributed by atoms with Crippen LogP contribution in [0.5, 0.6) is 5.75 Å². The quantitative estimate of drug-likeness (QED) is 0.772. The molecule has 0 saturated carbocycles. The maximum Gasteiger partial charge on any atom is 0.247 e. The average Bonchev–Trinajstić information content (AvgIpc) is 3.09. The number of halogens is 2. The van der Waals surface area contributed by atoms with E-state index in [-0.39, 0.29) is 25.3 Å². The van der Waals surface area contributed by atoms with E-state index in [9.17, 15) is 26.8 Å². The third-order valence-corrected chi connectivity index (χ3v) is 7.11. The minimum absolute atomic E-state index is 0.0834. The van der Waals surface area contributed by atoms with E-state index in [1.54, 1.807) is 24.3 Å². The summed E-state index contributed by atoms with van der Waals surface area (Å²) in [6, 6.07) is 8.29. The molecule has 2 heterocycles. The summed E-state index contributed by atoms with van der Waals surface area (Å²) in [6.45, 7) is 1.66. The predicted molar refractivity (Wildman–Crippen MR) is 106 cm³/mol. The number of carbonyl (C=O) groups is 2. The number of Topliss-reactive ketones (excluding diaryl/α,β-unsaturated/α-hetero) is 1. The highest BCUT2D eigenvalue weighted by molar-refractivity contribution is 7.89. The van der Waals surface area contributed by atoms with Crippen molar-refractivity contribution in [2.75, 3.05) is 13.1 Å². The van der Waals surface area contributed by atoms with Crippen molar-refractivity contribution in [1.82, 2.24) is 9.62 Å². The van der Waals surface area contributed by atoms with E-state index < -0.39 is 44.1 Å². The van der Waals surface area contributed by atoms with Crippen molar-refractivity contribution >= 4 is 21.7 Å². The van der Waals surface area contributed by atoms with Gasteiger partial charge in [-0.2, -0.15) is 4.72 Å². The Bertz CT molecular complexity index is 1150. The van der Waals surface area contributed by atoms with Gasteiger partial charge in [-0.15, -0.1) is 0 Å². The molecular formula is C21H20F2N2O5S. The summed E-state index contributed by atoms with van der Waals surface area (Å²) in [5.74, 6) is -2.70. The van der Waals surface area contributed by atoms with E-state index in [4.69, 9.17) is 4.74 Å². The maximum atomic E-state index is 13.9. The molecule has 1 N–H and O–H groups in total. The van der Waals surface area contributed by atoms with Crippen LogP contribution in [0.25, 0.3) is 0 Å². The molecular weight excluding hydrogens is 430 g/mol. The molecule has 2 atom stereocenters. The molecule has 1 amide bonds. The molecule has 31 heavy (non-hydrogen) atoms. The van der Waals surface area contributed by atoms with Gasteiger partial charge in [-0.25, -0.2) is 17.2 Å². The number of hydrogen-bond donors (Lipinski definition) is 1. The van der Waals surface area contributed by atoms with E-state index in [1.807, 2.05) is 4.72 Å². The second-order valence-electron chi connectivity index (χ2n) is 7.78. The third-order valence-electron chi connectivity index (χ3n) is 5.51. The summed E-state index contributed by atoms with van der Waals surface area (Å²) in [4.78, 5) is 25.6. The molecule has 1 saturated heterocycles. The van der Waals surface area contributed by atoms with Crippen LogP contribution in [0.4, 0.5) is 8.78 Å². The zero-order chi connectivity index (χ0) is 22.4. The lowest BCUT2D eigenvalue weighted by molar-refractivity contribution is -0.132. The Hall–Kier alpha value is -2.85. The highest BCUT2D eigenvalue weighted by Crippen LogP contribution is 2.38. The Labute approximate surface area is 178 Å². The van der Waals surface area contributed by atoms with Gasteiger partial charge in [-0.1, -0.05) is 18.2 Å². The fourth-order valence-electron chi connectivity index (χ4n) is 4.06. The molecule has 2 unspecified atom stereocenters. The van der Waals surface area contributed by atoms with Gasteiger partial charge < -0.3 is 9.64 Å². The minimum Gasteiger partial charge on any atom is -0.484 e. The number of carbonyl (C=O) groups excluding carboxylic acids is 2. The van der Waals surface area contributed by atoms with Crippen LogP contribution in [0.1, 0.15) is 30.1 Å². The van der Waals surface area contributed by atoms with Crippen molar-refractivity contribution in [3.05, 3.63) is 59.7 Å². The lowest BCUT2D eigenvalue weighted by atomic mass is 9.89. The maximum absolute atomic E-state index is 13.9. The van der Waals surface area contributed by atoms with E-state index in [0.717, 1.165) is 18.2 Å². The molecule has 2 aromatic carbocycles. The zero-order valence-corrected chi connectivity index (χ0v) is 17.4. The summed E-state index contributed by atoms with van der Waals surface area (Å²) in [6.07, 6.45) is 0.508. The SMILES string of the molecule is CC(NS(=O)(=O)c1c(F)cccc1F)C(=O)N1CCC2(CC(=O)c3ccccc3O2)C1. The molecule has 0 bridgehead atoms. The number of para-hydroxylation sites is 1. The van der Waals surface area contributed by atoms with Crippen LogP contribution in [0.15, 0.2) is 47.4 Å². The fourth-order valence-corrected chi connectivity index (χ4v) is 5.39. The molecule has 0 aliphatic carbocycles. The van der Waals surface area contributed by atoms with E-state index in [1.165, 1.54) is 11.8 Å². The summed E-state index contributed by atoms with van der Waals surface area (Å²) >= 11 is 0. The Balaban J connectivity index is 1.48. The highest BCUT2D eigenvalue weighted by Gasteiger charge is 2.47. The molecule has 2 aromatic rings. The van der Waals surface area contributed by atoms with Gasteiger partial charge >= 0.3 is 0 Å². The highest BCUT2D eigenvalue weighted by atomic mass is 32.2. The first kappa shape index (κ1) is 21.4. The number of sulfonamides is 1. The number of likely N-dealkylation sites (tertiary alicyclic amines) is 1. The zero-order valence-electron chi connectivity index (χ0n) is 16.6. The van der Waals surface area contributed by atoms with Gasteiger partial charge in [0.2, 0.25) is 15.9 Å². The molecule has 4 rings (SSSR count). The summed E-state index contributed by atoms with van der Waals surface area (Å²) < 4.78 is 60.8. The van der Waals surface area contributed by atoms with Crippen LogP contribution < -0.4 is 9.46 Å². The molecule has 0 radical (unpaired) electrons. The lowest BCUT2D eigenvalue weighted by Gasteiger charge is -2.34. The summed E-state index contributed by atoms with van der Waals surface area (Å²) in [5.41, 5.74) is -0.386. The van der Waals surface area contributed by atoms with E-state index in [2.05, 4.69) is 0 Å². The first-order valence-corrected chi connectivity index (χ1v) is 11.2. The van der Waals surface area contributed by atoms with E-state index >= 15 is 0 Å². The number of nitrogens with zero attached hydrogens (tertiary/aromatic N) is 1. The second kappa shape index (κ2) is 7.69. The van der Waals surface area contributed by atoms with Crippen molar-refractivity contribution in [2.24, 2.45) is 0 Å². The van der Waals surface area contributed by atoms with Crippen LogP contribution >= 0.6 is 0 Å². The number of ketones is 1. The number of hydrogen-bond acceptors (Lipinski definition) is 5. The minimum atomic E-state index is -4.61. The molecule has 164 valence electrons. The number of ether oxygens (including phenoxy) is 1. The molecule has 2 aliphatic heterocycles. The number of nitrogens with one attached hydrogen (secondary N) is 1. The summed E-state index contributed by atoms with van der Waals surface area (Å²) in [5, 5.41) is 0. The van der Waals surface area contributed by atoms with Gasteiger partial charge in [-0.05, 0) is 31.2 Å². The average molecular weight is 450 g/mol. The molecule has 0 aromatic heterocycles. The lowest BCUT2D eigenvalue weighted by Crippen LogP contribution is -2.49. The van der Waals surface area contributed by atoms with Gasteiger partial charge in [0, 0.05) is 13.0 Å². The van der Waals surface area contributed by atoms with Gasteiger partial charge in [0.1, 0.15) is 23.0 Å². The van der Waals surface area contributed by atoms with Gasteiger partial charge in [0.15, 0.2) is 10.7 Å². The Morgan fingerprint density at radius 2 is 1.84 bits per heavy atom. The van der Waals surface area contributed by atoms with Crippen LogP contribution in [0.3, 0.4) is 0 Å². The first-order chi connectivity index (χ1) is 14.6. The number of benzene rings is 2. The molecule has 10 heteroatoms. The van der Waals surface area contributed by atoms with Gasteiger partial charge in [0.05, 0.1) is 24.6 Å². The number of fused-ring (bicyclic) bond motifs is 1. The van der Waals surface area contributed by atoms with Crippen molar-refractivity contribution in [2.45, 2.75) is 36.3 Å². The summed E-state index contributed by atoms with van der Waals surface area (Å²) in [7, 11) is -4.61. The van der Waals surface area contributed by atoms with Crippen LogP contribution in [-0.2, 0) is 14.8 Å². The number of amides is 1. The first-order valence-electron chi connectivity index (χ1n) is 9.68. The van der Waals surface area contributed by atoms with Crippen molar-refractivity contribution in [1.29, 1.82) is 0 Å². The van der Waals surface area contributed by atoms with Crippen molar-refractivity contribution in [3.8, 4) is 5.75 Å². The molecule has 1 fully saturated rings. The van der Waals surface area contributed by atoms with Gasteiger partial charge in [0.25, 0.3) is 0 Å². The van der Waals surface area contributed by atoms with E-state index in [0.29, 0.717) is 17.7 Å². The van der Waals surface area contributed by atoms with Crippen molar-refractivity contribution in [3.63, 3.8) is 0 Å². The monoisotopic (exact) mass is 450 g/mol. The van der Waals surface area contributed by atoms with Gasteiger partial charge in [-0.3, -0.25) is 9.59 Å². The largest absolute Gasteiger partial charge is 0.484 e. The Kier molecular flexibility index (Phi) is 5.30. The second-order valence-corrected chi connectivity index (χ2v) is 9.44. The van der Waals surface area contributed by atoms with Crippen LogP contribution in [-0.4, -0.2) is 49.7 Å². The number of rotatable bonds is 4. The fraction of sp³-hybridized carbons (Fsp3) is 0.333. The molecule has 2 aliphatic rings. The topological polar surface area (TPSA) is 92.8 Å².